The summed E-state index contributed by atoms with van der Waals surface area (Å²) in [7, 11) is 1.62. The van der Waals surface area contributed by atoms with Gasteiger partial charge in [-0.15, -0.1) is 0 Å². The molecule has 3 aromatic carbocycles. The maximum atomic E-state index is 13.9. The molecule has 0 N–H and O–H groups in total. The van der Waals surface area contributed by atoms with Crippen LogP contribution in [-0.2, 0) is 9.53 Å². The number of aryl methyl sites for hydroxylation is 1. The van der Waals surface area contributed by atoms with E-state index in [-0.39, 0.29) is 12.2 Å². The molecule has 7 heteroatoms. The second-order valence-corrected chi connectivity index (χ2v) is 9.62. The maximum Gasteiger partial charge on any atom is 0.338 e. The number of hydrogen-bond acceptors (Lipinski definition) is 6. The van der Waals surface area contributed by atoms with Crippen molar-refractivity contribution in [2.24, 2.45) is 4.99 Å². The molecular weight excluding hydrogens is 472 g/mol. The molecule has 0 unspecified atom stereocenters. The monoisotopic (exact) mass is 498 g/mol. The lowest BCUT2D eigenvalue weighted by molar-refractivity contribution is -0.139. The van der Waals surface area contributed by atoms with Gasteiger partial charge in [-0.3, -0.25) is 9.36 Å². The summed E-state index contributed by atoms with van der Waals surface area (Å²) in [5.74, 6) is 0.215. The van der Waals surface area contributed by atoms with Gasteiger partial charge >= 0.3 is 5.97 Å². The number of ether oxygens (including phenoxy) is 2. The van der Waals surface area contributed by atoms with Crippen molar-refractivity contribution < 1.29 is 14.3 Å². The van der Waals surface area contributed by atoms with Crippen LogP contribution in [0.3, 0.4) is 0 Å². The average Bonchev–Trinajstić information content (AvgIpc) is 3.18. The Kier molecular flexibility index (Phi) is 6.33. The number of carbonyl (C=O) groups is 1. The highest BCUT2D eigenvalue weighted by Gasteiger charge is 2.33. The number of methoxy groups -OCH3 is 1. The number of allylic oxidation sites excluding steroid dienone is 1. The second-order valence-electron chi connectivity index (χ2n) is 8.62. The molecule has 1 aliphatic heterocycles. The van der Waals surface area contributed by atoms with Crippen molar-refractivity contribution in [1.29, 1.82) is 0 Å². The Morgan fingerprint density at radius 2 is 1.83 bits per heavy atom. The third kappa shape index (κ3) is 4.05. The van der Waals surface area contributed by atoms with Gasteiger partial charge in [-0.2, -0.15) is 0 Å². The van der Waals surface area contributed by atoms with Crippen molar-refractivity contribution in [1.82, 2.24) is 4.57 Å². The Labute approximate surface area is 212 Å². The first-order chi connectivity index (χ1) is 17.4. The zero-order valence-corrected chi connectivity index (χ0v) is 21.4. The first kappa shape index (κ1) is 23.8. The molecule has 6 nitrogen and oxygen atoms in total. The van der Waals surface area contributed by atoms with Gasteiger partial charge in [0.25, 0.3) is 5.56 Å². The smallest absolute Gasteiger partial charge is 0.338 e. The molecule has 4 aromatic rings. The molecule has 0 bridgehead atoms. The Balaban J connectivity index is 1.78. The third-order valence-electron chi connectivity index (χ3n) is 6.34. The van der Waals surface area contributed by atoms with Gasteiger partial charge in [-0.05, 0) is 49.2 Å². The van der Waals surface area contributed by atoms with E-state index in [1.807, 2.05) is 73.7 Å². The minimum Gasteiger partial charge on any atom is -0.496 e. The molecule has 0 saturated carbocycles. The summed E-state index contributed by atoms with van der Waals surface area (Å²) in [5, 5.41) is 2.04. The van der Waals surface area contributed by atoms with Gasteiger partial charge < -0.3 is 9.47 Å². The third-order valence-corrected chi connectivity index (χ3v) is 7.32. The molecule has 0 saturated heterocycles. The first-order valence-electron chi connectivity index (χ1n) is 11.7. The van der Waals surface area contributed by atoms with E-state index in [9.17, 15) is 9.59 Å². The number of fused-ring (bicyclic) bond motifs is 2. The summed E-state index contributed by atoms with van der Waals surface area (Å²) in [6, 6.07) is 19.1. The summed E-state index contributed by atoms with van der Waals surface area (Å²) in [5.41, 5.74) is 3.46. The number of aromatic nitrogens is 1. The van der Waals surface area contributed by atoms with E-state index in [4.69, 9.17) is 9.47 Å². The Bertz CT molecular complexity index is 1690. The molecule has 182 valence electrons. The van der Waals surface area contributed by atoms with E-state index in [1.54, 1.807) is 25.5 Å². The lowest BCUT2D eigenvalue weighted by Crippen LogP contribution is -2.39. The SMILES string of the molecule is CCOC(=O)C1=C(C)N=c2s/c(=C\c3c(OC)ccc4ccccc34)c(=O)n2[C@H]1c1ccc(C)cc1. The minimum absolute atomic E-state index is 0.214. The van der Waals surface area contributed by atoms with Crippen molar-refractivity contribution in [3.63, 3.8) is 0 Å². The van der Waals surface area contributed by atoms with Crippen molar-refractivity contribution in [2.75, 3.05) is 13.7 Å². The normalized spacial score (nSPS) is 15.6. The summed E-state index contributed by atoms with van der Waals surface area (Å²) in [4.78, 5) is 32.1. The van der Waals surface area contributed by atoms with Crippen LogP contribution in [0.15, 0.2) is 81.7 Å². The van der Waals surface area contributed by atoms with Gasteiger partial charge in [0.15, 0.2) is 4.80 Å². The fourth-order valence-corrected chi connectivity index (χ4v) is 5.62. The summed E-state index contributed by atoms with van der Waals surface area (Å²) in [6.45, 7) is 5.79. The van der Waals surface area contributed by atoms with Gasteiger partial charge in [-0.1, -0.05) is 71.5 Å². The number of nitrogens with zero attached hydrogens (tertiary/aromatic N) is 2. The lowest BCUT2D eigenvalue weighted by Gasteiger charge is -2.24. The Hall–Kier alpha value is -3.97. The number of rotatable bonds is 5. The van der Waals surface area contributed by atoms with Crippen LogP contribution in [0.5, 0.6) is 5.75 Å². The maximum absolute atomic E-state index is 13.9. The van der Waals surface area contributed by atoms with E-state index in [0.29, 0.717) is 26.4 Å². The number of thiazole rings is 1. The van der Waals surface area contributed by atoms with Crippen LogP contribution in [0.1, 0.15) is 36.6 Å². The molecule has 36 heavy (non-hydrogen) atoms. The second kappa shape index (κ2) is 9.59. The van der Waals surface area contributed by atoms with E-state index >= 15 is 0 Å². The molecule has 0 spiro atoms. The van der Waals surface area contributed by atoms with Crippen LogP contribution in [0.4, 0.5) is 0 Å². The predicted molar refractivity (Wildman–Crippen MR) is 142 cm³/mol. The molecule has 0 fully saturated rings. The van der Waals surface area contributed by atoms with Gasteiger partial charge in [-0.25, -0.2) is 9.79 Å². The number of hydrogen-bond donors (Lipinski definition) is 0. The minimum atomic E-state index is -0.627. The Morgan fingerprint density at radius 1 is 1.08 bits per heavy atom. The van der Waals surface area contributed by atoms with Crippen LogP contribution >= 0.6 is 11.3 Å². The fraction of sp³-hybridized carbons (Fsp3) is 0.207. The lowest BCUT2D eigenvalue weighted by atomic mass is 9.95. The van der Waals surface area contributed by atoms with Crippen molar-refractivity contribution in [2.45, 2.75) is 26.8 Å². The quantitative estimate of drug-likeness (QED) is 0.386. The van der Waals surface area contributed by atoms with Crippen molar-refractivity contribution in [3.8, 4) is 5.75 Å². The van der Waals surface area contributed by atoms with Crippen molar-refractivity contribution in [3.05, 3.63) is 108 Å². The molecule has 2 heterocycles. The van der Waals surface area contributed by atoms with Gasteiger partial charge in [0, 0.05) is 5.56 Å². The highest BCUT2D eigenvalue weighted by molar-refractivity contribution is 7.07. The van der Waals surface area contributed by atoms with E-state index < -0.39 is 12.0 Å². The highest BCUT2D eigenvalue weighted by atomic mass is 32.1. The van der Waals surface area contributed by atoms with Gasteiger partial charge in [0.05, 0.1) is 35.6 Å². The van der Waals surface area contributed by atoms with Crippen molar-refractivity contribution >= 4 is 34.2 Å². The summed E-state index contributed by atoms with van der Waals surface area (Å²) < 4.78 is 13.1. The Morgan fingerprint density at radius 3 is 2.56 bits per heavy atom. The van der Waals surface area contributed by atoms with E-state index in [2.05, 4.69) is 4.99 Å². The standard InChI is InChI=1S/C29H26N2O4S/c1-5-35-28(33)25-18(3)30-29-31(26(25)20-12-10-17(2)11-13-20)27(32)24(36-29)16-22-21-9-7-6-8-19(21)14-15-23(22)34-4/h6-16,26H,5H2,1-4H3/b24-16-/t26-/m0/s1. The summed E-state index contributed by atoms with van der Waals surface area (Å²) >= 11 is 1.30. The first-order valence-corrected chi connectivity index (χ1v) is 12.6. The molecule has 1 aliphatic rings. The van der Waals surface area contributed by atoms with Crippen LogP contribution in [0.2, 0.25) is 0 Å². The highest BCUT2D eigenvalue weighted by Crippen LogP contribution is 2.31. The van der Waals surface area contributed by atoms with Crippen LogP contribution in [-0.4, -0.2) is 24.3 Å². The topological polar surface area (TPSA) is 69.9 Å². The van der Waals surface area contributed by atoms with Crippen LogP contribution < -0.4 is 19.6 Å². The van der Waals surface area contributed by atoms with E-state index in [0.717, 1.165) is 27.5 Å². The number of carbonyl (C=O) groups excluding carboxylic acids is 1. The zero-order chi connectivity index (χ0) is 25.4. The van der Waals surface area contributed by atoms with E-state index in [1.165, 1.54) is 11.3 Å². The van der Waals surface area contributed by atoms with Crippen LogP contribution in [0, 0.1) is 6.92 Å². The largest absolute Gasteiger partial charge is 0.496 e. The zero-order valence-electron chi connectivity index (χ0n) is 20.6. The summed E-state index contributed by atoms with van der Waals surface area (Å²) in [6.07, 6.45) is 1.86. The number of esters is 1. The molecule has 0 radical (unpaired) electrons. The van der Waals surface area contributed by atoms with Gasteiger partial charge in [0.1, 0.15) is 5.75 Å². The number of benzene rings is 3. The predicted octanol–water partition coefficient (Wildman–Crippen LogP) is 4.27. The fourth-order valence-electron chi connectivity index (χ4n) is 4.59. The van der Waals surface area contributed by atoms with Gasteiger partial charge in [0.2, 0.25) is 0 Å². The molecular formula is C29H26N2O4S. The molecule has 1 aromatic heterocycles. The molecule has 5 rings (SSSR count). The average molecular weight is 499 g/mol. The molecule has 0 aliphatic carbocycles. The van der Waals surface area contributed by atoms with Crippen LogP contribution in [0.25, 0.3) is 16.8 Å². The molecule has 1 atom stereocenters. The molecule has 0 amide bonds.